The summed E-state index contributed by atoms with van der Waals surface area (Å²) in [5, 5.41) is 5.25. The third-order valence-electron chi connectivity index (χ3n) is 6.64. The lowest BCUT2D eigenvalue weighted by Crippen LogP contribution is -2.45. The van der Waals surface area contributed by atoms with Crippen molar-refractivity contribution in [1.29, 1.82) is 0 Å². The summed E-state index contributed by atoms with van der Waals surface area (Å²) in [5.74, 6) is -0.152. The molecule has 35 heavy (non-hydrogen) atoms. The Labute approximate surface area is 209 Å². The van der Waals surface area contributed by atoms with Gasteiger partial charge in [0.1, 0.15) is 5.00 Å². The Bertz CT molecular complexity index is 1340. The van der Waals surface area contributed by atoms with Crippen LogP contribution in [0.15, 0.2) is 72.9 Å². The van der Waals surface area contributed by atoms with Gasteiger partial charge in [-0.2, -0.15) is 0 Å². The number of piperidine rings is 1. The van der Waals surface area contributed by atoms with E-state index in [2.05, 4.69) is 28.1 Å². The number of hydrogen-bond acceptors (Lipinski definition) is 4. The van der Waals surface area contributed by atoms with Gasteiger partial charge in [-0.1, -0.05) is 30.3 Å². The maximum atomic E-state index is 13.3. The predicted molar refractivity (Wildman–Crippen MR) is 142 cm³/mol. The minimum Gasteiger partial charge on any atom is -0.378 e. The molecule has 180 valence electrons. The fourth-order valence-electron chi connectivity index (χ4n) is 4.62. The van der Waals surface area contributed by atoms with Gasteiger partial charge in [0.25, 0.3) is 5.91 Å². The van der Waals surface area contributed by atoms with Gasteiger partial charge in [-0.25, -0.2) is 0 Å². The van der Waals surface area contributed by atoms with E-state index >= 15 is 0 Å². The van der Waals surface area contributed by atoms with Crippen molar-refractivity contribution in [1.82, 2.24) is 14.8 Å². The maximum absolute atomic E-state index is 13.3. The van der Waals surface area contributed by atoms with Crippen molar-refractivity contribution in [2.75, 3.05) is 32.1 Å². The zero-order valence-electron chi connectivity index (χ0n) is 20.1. The number of carbonyl (C=O) groups excluding carboxylic acids is 2. The molecule has 5 rings (SSSR count). The number of hydrogen-bond donors (Lipinski definition) is 1. The first-order valence-electron chi connectivity index (χ1n) is 12.0. The van der Waals surface area contributed by atoms with E-state index in [1.165, 1.54) is 16.7 Å². The molecule has 4 aromatic rings. The molecule has 1 fully saturated rings. The molecule has 1 atom stereocenters. The standard InChI is InChI=1S/C28H30N4O2S/c1-30(2)23-11-9-20(10-12-23)18-29-27(33)22-7-5-16-31(19-22)28(34)25-13-14-26(35-25)32-17-15-21-6-3-4-8-24(21)32/h3-4,6,8-15,17,22H,5,7,16,18-19H2,1-2H3,(H,29,33)/t22-/m0/s1. The third-order valence-corrected chi connectivity index (χ3v) is 7.71. The highest BCUT2D eigenvalue weighted by atomic mass is 32.1. The Morgan fingerprint density at radius 2 is 1.83 bits per heavy atom. The van der Waals surface area contributed by atoms with Crippen LogP contribution < -0.4 is 10.2 Å². The number of amides is 2. The topological polar surface area (TPSA) is 57.6 Å². The molecular weight excluding hydrogens is 456 g/mol. The lowest BCUT2D eigenvalue weighted by atomic mass is 9.97. The predicted octanol–water partition coefficient (Wildman–Crippen LogP) is 4.93. The number of aromatic nitrogens is 1. The fraction of sp³-hybridized carbons (Fsp3) is 0.286. The van der Waals surface area contributed by atoms with Crippen molar-refractivity contribution in [3.63, 3.8) is 0 Å². The number of carbonyl (C=O) groups is 2. The van der Waals surface area contributed by atoms with Crippen LogP contribution in [0.1, 0.15) is 28.1 Å². The zero-order chi connectivity index (χ0) is 24.4. The Hall–Kier alpha value is -3.58. The number of likely N-dealkylation sites (tertiary alicyclic amines) is 1. The van der Waals surface area contributed by atoms with Crippen molar-refractivity contribution < 1.29 is 9.59 Å². The molecule has 1 aliphatic rings. The quantitative estimate of drug-likeness (QED) is 0.421. The second-order valence-corrected chi connectivity index (χ2v) is 10.3. The smallest absolute Gasteiger partial charge is 0.264 e. The fourth-order valence-corrected chi connectivity index (χ4v) is 5.60. The number of para-hydroxylation sites is 1. The summed E-state index contributed by atoms with van der Waals surface area (Å²) in [6.07, 6.45) is 3.68. The lowest BCUT2D eigenvalue weighted by molar-refractivity contribution is -0.126. The van der Waals surface area contributed by atoms with E-state index in [4.69, 9.17) is 0 Å². The molecule has 1 N–H and O–H groups in total. The highest BCUT2D eigenvalue weighted by Gasteiger charge is 2.29. The van der Waals surface area contributed by atoms with Crippen LogP contribution >= 0.6 is 11.3 Å². The molecule has 0 unspecified atom stereocenters. The second-order valence-electron chi connectivity index (χ2n) is 9.25. The average Bonchev–Trinajstić information content (AvgIpc) is 3.54. The van der Waals surface area contributed by atoms with Crippen LogP contribution in [-0.4, -0.2) is 48.5 Å². The number of anilines is 1. The molecule has 0 radical (unpaired) electrons. The minimum absolute atomic E-state index is 0.00878. The normalized spacial score (nSPS) is 15.8. The number of nitrogens with zero attached hydrogens (tertiary/aromatic N) is 3. The summed E-state index contributed by atoms with van der Waals surface area (Å²) in [5.41, 5.74) is 3.32. The van der Waals surface area contributed by atoms with Gasteiger partial charge in [-0.3, -0.25) is 9.59 Å². The summed E-state index contributed by atoms with van der Waals surface area (Å²) < 4.78 is 2.12. The number of nitrogens with one attached hydrogen (secondary N) is 1. The molecule has 0 spiro atoms. The SMILES string of the molecule is CN(C)c1ccc(CNC(=O)[C@H]2CCCN(C(=O)c3ccc(-n4ccc5ccccc54)s3)C2)cc1. The largest absolute Gasteiger partial charge is 0.378 e. The van der Waals surface area contributed by atoms with Crippen molar-refractivity contribution in [3.05, 3.63) is 83.4 Å². The molecule has 0 bridgehead atoms. The third kappa shape index (κ3) is 4.95. The highest BCUT2D eigenvalue weighted by molar-refractivity contribution is 7.16. The van der Waals surface area contributed by atoms with E-state index in [1.807, 2.05) is 78.6 Å². The molecule has 2 aromatic carbocycles. The van der Waals surface area contributed by atoms with Crippen molar-refractivity contribution in [2.45, 2.75) is 19.4 Å². The summed E-state index contributed by atoms with van der Waals surface area (Å²) >= 11 is 1.50. The van der Waals surface area contributed by atoms with Crippen LogP contribution in [0.2, 0.25) is 0 Å². The number of thiophene rings is 1. The summed E-state index contributed by atoms with van der Waals surface area (Å²) in [6, 6.07) is 22.4. The first-order chi connectivity index (χ1) is 17.0. The molecule has 0 aliphatic carbocycles. The number of fused-ring (bicyclic) bond motifs is 1. The average molecular weight is 487 g/mol. The van der Waals surface area contributed by atoms with Gasteiger partial charge in [0, 0.05) is 45.6 Å². The van der Waals surface area contributed by atoms with Gasteiger partial charge in [-0.05, 0) is 60.2 Å². The molecule has 2 amide bonds. The van der Waals surface area contributed by atoms with E-state index < -0.39 is 0 Å². The van der Waals surface area contributed by atoms with E-state index in [-0.39, 0.29) is 17.7 Å². The molecular formula is C28H30N4O2S. The van der Waals surface area contributed by atoms with E-state index in [1.54, 1.807) is 0 Å². The molecule has 0 saturated carbocycles. The molecule has 2 aromatic heterocycles. The van der Waals surface area contributed by atoms with E-state index in [9.17, 15) is 9.59 Å². The Morgan fingerprint density at radius 1 is 1.03 bits per heavy atom. The Morgan fingerprint density at radius 3 is 2.63 bits per heavy atom. The molecule has 6 nitrogen and oxygen atoms in total. The van der Waals surface area contributed by atoms with Crippen LogP contribution in [0, 0.1) is 5.92 Å². The van der Waals surface area contributed by atoms with Crippen LogP contribution in [0.3, 0.4) is 0 Å². The first kappa shape index (κ1) is 23.2. The monoisotopic (exact) mass is 486 g/mol. The van der Waals surface area contributed by atoms with Crippen molar-refractivity contribution in [2.24, 2.45) is 5.92 Å². The van der Waals surface area contributed by atoms with Gasteiger partial charge in [0.05, 0.1) is 16.3 Å². The van der Waals surface area contributed by atoms with Gasteiger partial charge in [-0.15, -0.1) is 11.3 Å². The van der Waals surface area contributed by atoms with E-state index in [0.717, 1.165) is 34.6 Å². The molecule has 7 heteroatoms. The zero-order valence-corrected chi connectivity index (χ0v) is 20.9. The molecule has 3 heterocycles. The van der Waals surface area contributed by atoms with Gasteiger partial charge in [0.15, 0.2) is 0 Å². The Kier molecular flexibility index (Phi) is 6.59. The second kappa shape index (κ2) is 9.96. The number of rotatable bonds is 6. The summed E-state index contributed by atoms with van der Waals surface area (Å²) in [7, 11) is 4.01. The lowest BCUT2D eigenvalue weighted by Gasteiger charge is -2.31. The number of benzene rings is 2. The molecule has 1 saturated heterocycles. The summed E-state index contributed by atoms with van der Waals surface area (Å²) in [6.45, 7) is 1.65. The van der Waals surface area contributed by atoms with Crippen molar-refractivity contribution in [3.8, 4) is 5.00 Å². The first-order valence-corrected chi connectivity index (χ1v) is 12.8. The highest BCUT2D eigenvalue weighted by Crippen LogP contribution is 2.28. The minimum atomic E-state index is -0.179. The van der Waals surface area contributed by atoms with Crippen LogP contribution in [0.4, 0.5) is 5.69 Å². The van der Waals surface area contributed by atoms with Crippen LogP contribution in [-0.2, 0) is 11.3 Å². The maximum Gasteiger partial charge on any atom is 0.264 e. The molecule has 1 aliphatic heterocycles. The van der Waals surface area contributed by atoms with Crippen molar-refractivity contribution >= 4 is 39.7 Å². The Balaban J connectivity index is 1.21. The van der Waals surface area contributed by atoms with Crippen LogP contribution in [0.5, 0.6) is 0 Å². The van der Waals surface area contributed by atoms with Crippen LogP contribution in [0.25, 0.3) is 15.9 Å². The van der Waals surface area contributed by atoms with E-state index in [0.29, 0.717) is 24.5 Å². The van der Waals surface area contributed by atoms with Gasteiger partial charge < -0.3 is 19.7 Å². The summed E-state index contributed by atoms with van der Waals surface area (Å²) in [4.78, 5) is 30.7. The van der Waals surface area contributed by atoms with Gasteiger partial charge in [0.2, 0.25) is 5.91 Å². The van der Waals surface area contributed by atoms with Gasteiger partial charge >= 0.3 is 0 Å².